The SMILES string of the molecule is CN(C(=O)C(CC(=O)O)Cc1ccccc1)c1nc(-c2cc(Cl)ccc2-c2cnc3c(c2)CCC(=O)N3C)cs1. The molecular weight excluding hydrogens is 548 g/mol. The number of benzene rings is 2. The first-order chi connectivity index (χ1) is 19.2. The van der Waals surface area contributed by atoms with Gasteiger partial charge in [-0.25, -0.2) is 9.97 Å². The lowest BCUT2D eigenvalue weighted by molar-refractivity contribution is -0.140. The number of aliphatic carboxylic acids is 1. The number of aryl methyl sites for hydroxylation is 1. The topological polar surface area (TPSA) is 104 Å². The van der Waals surface area contributed by atoms with E-state index in [2.05, 4.69) is 4.98 Å². The fourth-order valence-corrected chi connectivity index (χ4v) is 5.88. The van der Waals surface area contributed by atoms with Crippen LogP contribution in [-0.2, 0) is 27.2 Å². The van der Waals surface area contributed by atoms with Gasteiger partial charge in [-0.05, 0) is 47.7 Å². The molecule has 3 heterocycles. The Morgan fingerprint density at radius 2 is 1.90 bits per heavy atom. The van der Waals surface area contributed by atoms with E-state index < -0.39 is 11.9 Å². The number of pyridine rings is 1. The van der Waals surface area contributed by atoms with Gasteiger partial charge < -0.3 is 5.11 Å². The molecule has 2 aromatic carbocycles. The number of rotatable bonds is 8. The van der Waals surface area contributed by atoms with Crippen LogP contribution in [0.4, 0.5) is 10.9 Å². The second-order valence-corrected chi connectivity index (χ2v) is 11.0. The summed E-state index contributed by atoms with van der Waals surface area (Å²) in [5.74, 6) is -1.36. The number of aromatic nitrogens is 2. The van der Waals surface area contributed by atoms with Crippen molar-refractivity contribution in [2.45, 2.75) is 25.7 Å². The number of fused-ring (bicyclic) bond motifs is 1. The quantitative estimate of drug-likeness (QED) is 0.288. The number of carbonyl (C=O) groups is 3. The average Bonchev–Trinajstić information content (AvgIpc) is 3.44. The van der Waals surface area contributed by atoms with Gasteiger partial charge in [0.25, 0.3) is 0 Å². The number of hydrogen-bond donors (Lipinski definition) is 1. The molecule has 0 spiro atoms. The average molecular weight is 575 g/mol. The van der Waals surface area contributed by atoms with E-state index in [1.54, 1.807) is 31.3 Å². The zero-order valence-corrected chi connectivity index (χ0v) is 23.6. The zero-order chi connectivity index (χ0) is 28.4. The Bertz CT molecular complexity index is 1590. The first-order valence-electron chi connectivity index (χ1n) is 12.8. The Hall–Kier alpha value is -4.08. The number of anilines is 2. The number of hydrogen-bond acceptors (Lipinski definition) is 6. The highest BCUT2D eigenvalue weighted by Gasteiger charge is 2.28. The fourth-order valence-electron chi connectivity index (χ4n) is 4.91. The Labute approximate surface area is 240 Å². The second-order valence-electron chi connectivity index (χ2n) is 9.75. The first-order valence-corrected chi connectivity index (χ1v) is 14.0. The van der Waals surface area contributed by atoms with Crippen molar-refractivity contribution < 1.29 is 19.5 Å². The van der Waals surface area contributed by atoms with Crippen LogP contribution in [0.15, 0.2) is 66.2 Å². The van der Waals surface area contributed by atoms with Gasteiger partial charge in [-0.1, -0.05) is 48.0 Å². The molecule has 0 fully saturated rings. The third kappa shape index (κ3) is 5.76. The molecule has 1 atom stereocenters. The largest absolute Gasteiger partial charge is 0.481 e. The summed E-state index contributed by atoms with van der Waals surface area (Å²) in [5, 5.41) is 12.3. The van der Waals surface area contributed by atoms with Crippen molar-refractivity contribution in [1.82, 2.24) is 9.97 Å². The van der Waals surface area contributed by atoms with Crippen molar-refractivity contribution in [3.63, 3.8) is 0 Å². The number of amides is 2. The standard InChI is InChI=1S/C30H27ClN4O4S/c1-34-26(36)11-8-19-13-21(16-32-28(19)34)23-10-9-22(31)15-24(23)25-17-40-30(33-25)35(2)29(39)20(14-27(37)38)12-18-6-4-3-5-7-18/h3-7,9-10,13,15-17,20H,8,11-12,14H2,1-2H3,(H,37,38). The molecule has 204 valence electrons. The molecule has 1 N–H and O–H groups in total. The van der Waals surface area contributed by atoms with E-state index in [1.165, 1.54) is 16.2 Å². The van der Waals surface area contributed by atoms with Crippen LogP contribution >= 0.6 is 22.9 Å². The molecule has 2 amide bonds. The minimum atomic E-state index is -1.03. The Balaban J connectivity index is 1.44. The molecule has 40 heavy (non-hydrogen) atoms. The molecular formula is C30H27ClN4O4S. The first kappa shape index (κ1) is 27.5. The van der Waals surface area contributed by atoms with Crippen LogP contribution in [0.2, 0.25) is 5.02 Å². The Morgan fingerprint density at radius 3 is 2.65 bits per heavy atom. The summed E-state index contributed by atoms with van der Waals surface area (Å²) in [6.07, 6.45) is 2.84. The van der Waals surface area contributed by atoms with Gasteiger partial charge in [-0.15, -0.1) is 11.3 Å². The molecule has 5 rings (SSSR count). The number of thiazole rings is 1. The molecule has 1 aliphatic rings. The maximum atomic E-state index is 13.4. The number of carboxylic acid groups (broad SMARTS) is 1. The van der Waals surface area contributed by atoms with Crippen molar-refractivity contribution >= 4 is 51.7 Å². The lowest BCUT2D eigenvalue weighted by Gasteiger charge is -2.25. The van der Waals surface area contributed by atoms with Crippen molar-refractivity contribution in [2.75, 3.05) is 23.9 Å². The summed E-state index contributed by atoms with van der Waals surface area (Å²) in [5.41, 5.74) is 5.06. The fraction of sp³-hybridized carbons (Fsp3) is 0.233. The van der Waals surface area contributed by atoms with Gasteiger partial charge in [-0.3, -0.25) is 24.2 Å². The van der Waals surface area contributed by atoms with Crippen molar-refractivity contribution in [3.05, 3.63) is 82.3 Å². The van der Waals surface area contributed by atoms with E-state index >= 15 is 0 Å². The summed E-state index contributed by atoms with van der Waals surface area (Å²) >= 11 is 7.69. The smallest absolute Gasteiger partial charge is 0.304 e. The summed E-state index contributed by atoms with van der Waals surface area (Å²) in [6.45, 7) is 0. The zero-order valence-electron chi connectivity index (χ0n) is 22.0. The van der Waals surface area contributed by atoms with E-state index in [-0.39, 0.29) is 18.2 Å². The number of carboxylic acids is 1. The van der Waals surface area contributed by atoms with Crippen LogP contribution in [0.1, 0.15) is 24.0 Å². The minimum Gasteiger partial charge on any atom is -0.481 e. The third-order valence-electron chi connectivity index (χ3n) is 7.02. The van der Waals surface area contributed by atoms with Gasteiger partial charge >= 0.3 is 5.97 Å². The lowest BCUT2D eigenvalue weighted by Crippen LogP contribution is -2.35. The molecule has 0 bridgehead atoms. The molecule has 10 heteroatoms. The van der Waals surface area contributed by atoms with Crippen LogP contribution in [0.5, 0.6) is 0 Å². The molecule has 0 saturated carbocycles. The van der Waals surface area contributed by atoms with Gasteiger partial charge in [-0.2, -0.15) is 0 Å². The molecule has 0 saturated heterocycles. The highest BCUT2D eigenvalue weighted by molar-refractivity contribution is 7.14. The van der Waals surface area contributed by atoms with Crippen LogP contribution in [0.25, 0.3) is 22.4 Å². The number of halogens is 1. The van der Waals surface area contributed by atoms with E-state index in [1.807, 2.05) is 53.9 Å². The van der Waals surface area contributed by atoms with Crippen LogP contribution in [-0.4, -0.2) is 47.0 Å². The van der Waals surface area contributed by atoms with Crippen LogP contribution in [0, 0.1) is 5.92 Å². The Morgan fingerprint density at radius 1 is 1.12 bits per heavy atom. The second kappa shape index (κ2) is 11.6. The molecule has 0 radical (unpaired) electrons. The van der Waals surface area contributed by atoms with E-state index in [0.717, 1.165) is 27.8 Å². The van der Waals surface area contributed by atoms with E-state index in [4.69, 9.17) is 16.6 Å². The third-order valence-corrected chi connectivity index (χ3v) is 8.17. The molecule has 4 aromatic rings. The van der Waals surface area contributed by atoms with Crippen LogP contribution < -0.4 is 9.80 Å². The number of nitrogens with zero attached hydrogens (tertiary/aromatic N) is 4. The Kier molecular flexibility index (Phi) is 7.95. The van der Waals surface area contributed by atoms with E-state index in [0.29, 0.717) is 40.9 Å². The normalized spacial score (nSPS) is 13.6. The lowest BCUT2D eigenvalue weighted by atomic mass is 9.95. The summed E-state index contributed by atoms with van der Waals surface area (Å²) in [6, 6.07) is 17.0. The van der Waals surface area contributed by atoms with Gasteiger partial charge in [0.15, 0.2) is 5.13 Å². The highest BCUT2D eigenvalue weighted by Crippen LogP contribution is 2.38. The minimum absolute atomic E-state index is 0.0444. The summed E-state index contributed by atoms with van der Waals surface area (Å²) in [7, 11) is 3.35. The van der Waals surface area contributed by atoms with Crippen molar-refractivity contribution in [3.8, 4) is 22.4 Å². The van der Waals surface area contributed by atoms with Gasteiger partial charge in [0.2, 0.25) is 11.8 Å². The predicted octanol–water partition coefficient (Wildman–Crippen LogP) is 5.73. The molecule has 8 nitrogen and oxygen atoms in total. The molecule has 0 aliphatic carbocycles. The summed E-state index contributed by atoms with van der Waals surface area (Å²) < 4.78 is 0. The highest BCUT2D eigenvalue weighted by atomic mass is 35.5. The maximum absolute atomic E-state index is 13.4. The molecule has 2 aromatic heterocycles. The molecule has 1 aliphatic heterocycles. The predicted molar refractivity (Wildman–Crippen MR) is 157 cm³/mol. The number of carbonyl (C=O) groups excluding carboxylic acids is 2. The van der Waals surface area contributed by atoms with Gasteiger partial charge in [0.05, 0.1) is 18.0 Å². The van der Waals surface area contributed by atoms with E-state index in [9.17, 15) is 19.5 Å². The van der Waals surface area contributed by atoms with Crippen molar-refractivity contribution in [2.24, 2.45) is 5.92 Å². The summed E-state index contributed by atoms with van der Waals surface area (Å²) in [4.78, 5) is 49.4. The van der Waals surface area contributed by atoms with Gasteiger partial charge in [0, 0.05) is 48.2 Å². The monoisotopic (exact) mass is 574 g/mol. The van der Waals surface area contributed by atoms with Gasteiger partial charge in [0.1, 0.15) is 5.82 Å². The van der Waals surface area contributed by atoms with Crippen molar-refractivity contribution in [1.29, 1.82) is 0 Å². The van der Waals surface area contributed by atoms with Crippen LogP contribution in [0.3, 0.4) is 0 Å². The maximum Gasteiger partial charge on any atom is 0.304 e. The molecule has 1 unspecified atom stereocenters.